The van der Waals surface area contributed by atoms with Crippen LogP contribution in [0.5, 0.6) is 0 Å². The highest BCUT2D eigenvalue weighted by molar-refractivity contribution is 5.91. The van der Waals surface area contributed by atoms with E-state index in [0.717, 1.165) is 38.9 Å². The fraction of sp³-hybridized carbons (Fsp3) is 0.0189. The summed E-state index contributed by atoms with van der Waals surface area (Å²) in [6.07, 6.45) is 0. The molecule has 0 N–H and O–H groups in total. The molecule has 0 unspecified atom stereocenters. The lowest BCUT2D eigenvalue weighted by Gasteiger charge is -2.37. The van der Waals surface area contributed by atoms with Crippen molar-refractivity contribution in [2.75, 3.05) is 0 Å². The van der Waals surface area contributed by atoms with Crippen molar-refractivity contribution in [2.45, 2.75) is 5.41 Å². The maximum Gasteiger partial charge on any atom is 0.164 e. The first-order valence-electron chi connectivity index (χ1n) is 19.1. The third-order valence-corrected chi connectivity index (χ3v) is 11.1. The van der Waals surface area contributed by atoms with Crippen LogP contribution in [0.2, 0.25) is 0 Å². The van der Waals surface area contributed by atoms with Gasteiger partial charge in [-0.25, -0.2) is 15.0 Å². The van der Waals surface area contributed by atoms with Crippen molar-refractivity contribution < 1.29 is 0 Å². The summed E-state index contributed by atoms with van der Waals surface area (Å²) in [6, 6.07) is 74.2. The fourth-order valence-electron chi connectivity index (χ4n) is 8.55. The van der Waals surface area contributed by atoms with Crippen LogP contribution < -0.4 is 0 Å². The van der Waals surface area contributed by atoms with E-state index < -0.39 is 5.41 Å². The van der Waals surface area contributed by atoms with Crippen LogP contribution in [0.15, 0.2) is 206 Å². The highest BCUT2D eigenvalue weighted by atomic mass is 15.0. The summed E-state index contributed by atoms with van der Waals surface area (Å²) in [5, 5.41) is 9.61. The molecule has 0 amide bonds. The van der Waals surface area contributed by atoms with Gasteiger partial charge in [0.1, 0.15) is 0 Å². The van der Waals surface area contributed by atoms with Gasteiger partial charge in [0.15, 0.2) is 17.5 Å². The summed E-state index contributed by atoms with van der Waals surface area (Å²) >= 11 is 0. The zero-order valence-corrected chi connectivity index (χ0v) is 30.9. The number of rotatable bonds is 7. The van der Waals surface area contributed by atoms with Gasteiger partial charge in [0.05, 0.1) is 17.0 Å². The minimum absolute atomic E-state index is 0.619. The Morgan fingerprint density at radius 3 is 1.00 bits per heavy atom. The molecule has 4 heteroatoms. The molecule has 4 nitrogen and oxygen atoms in total. The third kappa shape index (κ3) is 5.73. The van der Waals surface area contributed by atoms with E-state index in [1.807, 2.05) is 72.8 Å². The number of hydrogen-bond acceptors (Lipinski definition) is 4. The van der Waals surface area contributed by atoms with Crippen LogP contribution in [0.4, 0.5) is 0 Å². The second-order valence-corrected chi connectivity index (χ2v) is 14.2. The first kappa shape index (κ1) is 33.8. The molecule has 10 rings (SSSR count). The van der Waals surface area contributed by atoms with Crippen LogP contribution in [-0.2, 0) is 5.41 Å². The van der Waals surface area contributed by atoms with E-state index in [2.05, 4.69) is 140 Å². The van der Waals surface area contributed by atoms with Gasteiger partial charge in [0.25, 0.3) is 0 Å². The number of fused-ring (bicyclic) bond motifs is 3. The quantitative estimate of drug-likeness (QED) is 0.164. The minimum Gasteiger partial charge on any atom is -0.208 e. The van der Waals surface area contributed by atoms with Crippen LogP contribution in [-0.4, -0.2) is 15.0 Å². The fourth-order valence-corrected chi connectivity index (χ4v) is 8.55. The Kier molecular flexibility index (Phi) is 8.39. The van der Waals surface area contributed by atoms with E-state index in [1.165, 1.54) is 33.4 Å². The minimum atomic E-state index is -0.656. The van der Waals surface area contributed by atoms with Crippen molar-refractivity contribution in [3.63, 3.8) is 0 Å². The van der Waals surface area contributed by atoms with Gasteiger partial charge < -0.3 is 0 Å². The molecule has 0 spiro atoms. The first-order valence-corrected chi connectivity index (χ1v) is 19.1. The highest BCUT2D eigenvalue weighted by Crippen LogP contribution is 2.59. The Morgan fingerprint density at radius 2 is 0.596 bits per heavy atom. The molecule has 0 aliphatic heterocycles. The smallest absolute Gasteiger partial charge is 0.164 e. The van der Waals surface area contributed by atoms with Crippen molar-refractivity contribution in [3.8, 4) is 73.6 Å². The molecule has 0 saturated carbocycles. The van der Waals surface area contributed by atoms with Crippen molar-refractivity contribution >= 4 is 0 Å². The zero-order valence-electron chi connectivity index (χ0n) is 30.9. The number of nitrogens with zero attached hydrogens (tertiary/aromatic N) is 4. The SMILES string of the molecule is N#Cc1ccc(-c2ccccc2C2(c3ccccc3-c3ccc(-c4nc(-c5ccccc5)nc(-c5ccccc5)n4)cc3)c3ccccc3-c3ccccc32)cc1. The van der Waals surface area contributed by atoms with Crippen molar-refractivity contribution in [3.05, 3.63) is 234 Å². The van der Waals surface area contributed by atoms with Gasteiger partial charge in [0, 0.05) is 16.7 Å². The molecule has 9 aromatic rings. The van der Waals surface area contributed by atoms with Crippen molar-refractivity contribution in [1.82, 2.24) is 15.0 Å². The van der Waals surface area contributed by atoms with Crippen molar-refractivity contribution in [2.24, 2.45) is 0 Å². The first-order chi connectivity index (χ1) is 28.2. The van der Waals surface area contributed by atoms with Crippen LogP contribution in [0.1, 0.15) is 27.8 Å². The number of nitriles is 1. The second-order valence-electron chi connectivity index (χ2n) is 14.2. The lowest BCUT2D eigenvalue weighted by atomic mass is 9.64. The highest BCUT2D eigenvalue weighted by Gasteiger charge is 2.48. The molecule has 0 radical (unpaired) electrons. The van der Waals surface area contributed by atoms with Gasteiger partial charge in [0.2, 0.25) is 0 Å². The molecule has 266 valence electrons. The maximum absolute atomic E-state index is 9.61. The topological polar surface area (TPSA) is 62.5 Å². The molecule has 1 heterocycles. The Labute approximate surface area is 332 Å². The summed E-state index contributed by atoms with van der Waals surface area (Å²) in [7, 11) is 0. The average Bonchev–Trinajstić information content (AvgIpc) is 3.60. The third-order valence-electron chi connectivity index (χ3n) is 11.1. The Morgan fingerprint density at radius 1 is 0.298 bits per heavy atom. The van der Waals surface area contributed by atoms with E-state index in [-0.39, 0.29) is 0 Å². The molecule has 1 aromatic heterocycles. The molecule has 1 aliphatic carbocycles. The monoisotopic (exact) mass is 726 g/mol. The summed E-state index contributed by atoms with van der Waals surface area (Å²) in [5.74, 6) is 1.89. The predicted molar refractivity (Wildman–Crippen MR) is 229 cm³/mol. The number of hydrogen-bond donors (Lipinski definition) is 0. The van der Waals surface area contributed by atoms with E-state index >= 15 is 0 Å². The largest absolute Gasteiger partial charge is 0.208 e. The molecule has 0 saturated heterocycles. The van der Waals surface area contributed by atoms with Gasteiger partial charge in [-0.05, 0) is 67.8 Å². The molecule has 8 aromatic carbocycles. The van der Waals surface area contributed by atoms with Crippen LogP contribution in [0, 0.1) is 11.3 Å². The molecule has 0 atom stereocenters. The molecule has 0 bridgehead atoms. The standard InChI is InChI=1S/C53H34N4/c54-35-36-27-29-37(30-28-36)42-19-7-11-23-46(42)53(48-25-13-9-21-44(48)45-22-10-14-26-49(45)53)47-24-12-8-20-43(47)38-31-33-41(34-32-38)52-56-50(39-15-3-1-4-16-39)55-51(57-52)40-17-5-2-6-18-40/h1-34H. The Hall–Kier alpha value is -7.74. The van der Waals surface area contributed by atoms with Crippen LogP contribution in [0.25, 0.3) is 67.5 Å². The summed E-state index contributed by atoms with van der Waals surface area (Å²) in [5.41, 5.74) is 14.5. The van der Waals surface area contributed by atoms with Crippen LogP contribution in [0.3, 0.4) is 0 Å². The van der Waals surface area contributed by atoms with Gasteiger partial charge in [-0.1, -0.05) is 194 Å². The second kappa shape index (κ2) is 14.2. The summed E-state index contributed by atoms with van der Waals surface area (Å²) < 4.78 is 0. The van der Waals surface area contributed by atoms with E-state index in [4.69, 9.17) is 15.0 Å². The molecule has 0 fully saturated rings. The van der Waals surface area contributed by atoms with E-state index in [0.29, 0.717) is 23.0 Å². The molecular weight excluding hydrogens is 693 g/mol. The Bertz CT molecular complexity index is 2840. The molecule has 57 heavy (non-hydrogen) atoms. The Balaban J connectivity index is 1.17. The van der Waals surface area contributed by atoms with E-state index in [9.17, 15) is 5.26 Å². The van der Waals surface area contributed by atoms with Gasteiger partial charge in [-0.3, -0.25) is 0 Å². The van der Waals surface area contributed by atoms with E-state index in [1.54, 1.807) is 0 Å². The maximum atomic E-state index is 9.61. The zero-order chi connectivity index (χ0) is 38.2. The average molecular weight is 727 g/mol. The van der Waals surface area contributed by atoms with Crippen molar-refractivity contribution in [1.29, 1.82) is 5.26 Å². The number of benzene rings is 8. The molecule has 1 aliphatic rings. The van der Waals surface area contributed by atoms with Gasteiger partial charge in [-0.2, -0.15) is 5.26 Å². The van der Waals surface area contributed by atoms with Gasteiger partial charge >= 0.3 is 0 Å². The lowest BCUT2D eigenvalue weighted by Crippen LogP contribution is -2.30. The van der Waals surface area contributed by atoms with Crippen LogP contribution >= 0.6 is 0 Å². The normalized spacial score (nSPS) is 12.3. The summed E-state index contributed by atoms with van der Waals surface area (Å²) in [4.78, 5) is 14.9. The molecular formula is C53H34N4. The van der Waals surface area contributed by atoms with Gasteiger partial charge in [-0.15, -0.1) is 0 Å². The lowest BCUT2D eigenvalue weighted by molar-refractivity contribution is 0.772. The summed E-state index contributed by atoms with van der Waals surface area (Å²) in [6.45, 7) is 0. The predicted octanol–water partition coefficient (Wildman–Crippen LogP) is 12.4. The number of aromatic nitrogens is 3.